The molecule has 0 aromatic carbocycles. The Kier molecular flexibility index (Phi) is 23.8. The van der Waals surface area contributed by atoms with Gasteiger partial charge in [0.15, 0.2) is 0 Å². The fourth-order valence-electron chi connectivity index (χ4n) is 2.49. The van der Waals surface area contributed by atoms with Crippen molar-refractivity contribution >= 4 is 39.9 Å². The molecule has 4 N–H and O–H groups in total. The summed E-state index contributed by atoms with van der Waals surface area (Å²) >= 11 is 1.41. The van der Waals surface area contributed by atoms with Crippen molar-refractivity contribution in [1.29, 1.82) is 0 Å². The first-order valence-electron chi connectivity index (χ1n) is 10.2. The van der Waals surface area contributed by atoms with Crippen LogP contribution in [0.3, 0.4) is 0 Å². The fourth-order valence-corrected chi connectivity index (χ4v) is 2.99. The summed E-state index contributed by atoms with van der Waals surface area (Å²) in [6.07, 6.45) is 17.5. The van der Waals surface area contributed by atoms with Gasteiger partial charge >= 0.3 is 114 Å². The third-order valence-electron chi connectivity index (χ3n) is 4.19. The van der Waals surface area contributed by atoms with Crippen LogP contribution in [0.2, 0.25) is 3.67 Å². The first-order valence-corrected chi connectivity index (χ1v) is 11.6. The van der Waals surface area contributed by atoms with E-state index in [1.807, 2.05) is 0 Å². The van der Waals surface area contributed by atoms with E-state index in [1.165, 1.54) is 109 Å². The van der Waals surface area contributed by atoms with Gasteiger partial charge in [-0.1, -0.05) is 13.3 Å². The van der Waals surface area contributed by atoms with Crippen molar-refractivity contribution < 1.29 is 19.8 Å². The van der Waals surface area contributed by atoms with Crippen molar-refractivity contribution in [2.24, 2.45) is 5.73 Å². The van der Waals surface area contributed by atoms with Gasteiger partial charge in [-0.3, -0.25) is 9.59 Å². The molecule has 0 rings (SSSR count). The number of hydrogen-bond acceptors (Lipinski definition) is 3. The molecule has 0 aromatic rings. The molecule has 5 nitrogen and oxygen atoms in total. The number of carbonyl (C=O) groups is 2. The Balaban J connectivity index is 0. The van der Waals surface area contributed by atoms with Crippen molar-refractivity contribution in [3.63, 3.8) is 0 Å². The zero-order chi connectivity index (χ0) is 19.3. The minimum atomic E-state index is -1.17. The average molecular weight is 368 g/mol. The minimum Gasteiger partial charge on any atom is -0.481 e. The topological polar surface area (TPSA) is 101 Å². The largest absolute Gasteiger partial charge is 0.481 e. The van der Waals surface area contributed by atoms with Crippen LogP contribution in [0, 0.1) is 0 Å². The Labute approximate surface area is 171 Å². The Morgan fingerprint density at radius 3 is 1.56 bits per heavy atom. The van der Waals surface area contributed by atoms with E-state index >= 15 is 0 Å². The molecule has 0 aliphatic heterocycles. The van der Waals surface area contributed by atoms with Crippen molar-refractivity contribution in [2.45, 2.75) is 107 Å². The van der Waals surface area contributed by atoms with Crippen molar-refractivity contribution in [2.75, 3.05) is 0 Å². The normalized spacial score (nSPS) is 11.5. The second-order valence-corrected chi connectivity index (χ2v) is 7.77. The molecular formula is C19H38NNaO4. The van der Waals surface area contributed by atoms with E-state index in [4.69, 9.17) is 15.9 Å². The van der Waals surface area contributed by atoms with Gasteiger partial charge in [0.05, 0.1) is 0 Å². The minimum absolute atomic E-state index is 0.0231. The van der Waals surface area contributed by atoms with Crippen LogP contribution in [0.5, 0.6) is 0 Å². The number of unbranched alkanes of at least 4 members (excludes halogenated alkanes) is 11. The maximum atomic E-state index is 9.99. The quantitative estimate of drug-likeness (QED) is 0.275. The average Bonchev–Trinajstić information content (AvgIpc) is 2.58. The molecule has 0 aromatic heterocycles. The molecule has 0 spiro atoms. The van der Waals surface area contributed by atoms with Gasteiger partial charge in [0.1, 0.15) is 6.04 Å². The maximum Gasteiger partial charge on any atom is 0.320 e. The van der Waals surface area contributed by atoms with Gasteiger partial charge in [-0.15, -0.1) is 0 Å². The van der Waals surface area contributed by atoms with Gasteiger partial charge in [-0.25, -0.2) is 0 Å². The first kappa shape index (κ1) is 27.1. The molecule has 0 radical (unpaired) electrons. The number of carboxylic acids is 2. The summed E-state index contributed by atoms with van der Waals surface area (Å²) in [6, 6.07) is -1.06. The zero-order valence-corrected chi connectivity index (χ0v) is 18.5. The monoisotopic (exact) mass is 367 g/mol. The number of nitrogens with two attached hydrogens (primary N) is 1. The Morgan fingerprint density at radius 1 is 0.840 bits per heavy atom. The van der Waals surface area contributed by atoms with E-state index < -0.39 is 18.0 Å². The van der Waals surface area contributed by atoms with Crippen LogP contribution in [0.15, 0.2) is 0 Å². The van der Waals surface area contributed by atoms with E-state index in [0.29, 0.717) is 0 Å². The van der Waals surface area contributed by atoms with Crippen LogP contribution in [0.1, 0.15) is 96.8 Å². The zero-order valence-electron chi connectivity index (χ0n) is 16.5. The second kappa shape index (κ2) is 21.9. The van der Waals surface area contributed by atoms with Crippen LogP contribution >= 0.6 is 0 Å². The molecule has 0 aliphatic carbocycles. The van der Waals surface area contributed by atoms with Crippen LogP contribution in [-0.4, -0.2) is 56.1 Å². The molecule has 0 saturated heterocycles. The molecule has 0 aliphatic rings. The van der Waals surface area contributed by atoms with Gasteiger partial charge in [0.2, 0.25) is 0 Å². The van der Waals surface area contributed by atoms with E-state index in [0.717, 1.165) is 0 Å². The Morgan fingerprint density at radius 2 is 1.24 bits per heavy atom. The fraction of sp³-hybridized carbons (Fsp3) is 0.895. The van der Waals surface area contributed by atoms with Gasteiger partial charge < -0.3 is 15.9 Å². The van der Waals surface area contributed by atoms with Crippen molar-refractivity contribution in [1.82, 2.24) is 0 Å². The number of aliphatic carboxylic acids is 2. The van der Waals surface area contributed by atoms with Crippen LogP contribution in [0.25, 0.3) is 0 Å². The van der Waals surface area contributed by atoms with E-state index in [2.05, 4.69) is 6.92 Å². The number of carboxylic acid groups (broad SMARTS) is 2. The molecule has 144 valence electrons. The molecule has 25 heavy (non-hydrogen) atoms. The third kappa shape index (κ3) is 26.2. The molecule has 6 heteroatoms. The summed E-state index contributed by atoms with van der Waals surface area (Å²) < 4.78 is 1.51. The molecule has 1 atom stereocenters. The molecule has 1 unspecified atom stereocenters. The van der Waals surface area contributed by atoms with E-state index in [1.54, 1.807) is 0 Å². The number of hydrogen-bond donors (Lipinski definition) is 3. The van der Waals surface area contributed by atoms with Gasteiger partial charge in [0, 0.05) is 6.42 Å². The summed E-state index contributed by atoms with van der Waals surface area (Å²) in [5.74, 6) is -2.20. The SMILES string of the molecule is CCCCCCCCCCCCC[CH2][Na].NC(CCC(=O)O)C(=O)O. The van der Waals surface area contributed by atoms with Gasteiger partial charge in [0.25, 0.3) is 0 Å². The summed E-state index contributed by atoms with van der Waals surface area (Å²) in [6.45, 7) is 2.29. The molecule has 0 heterocycles. The standard InChI is InChI=1S/C14H29.C5H9NO4.Na/c1-3-5-7-9-11-13-14-12-10-8-6-4-2;6-3(5(9)10)1-2-4(7)8;/h1,3-14H2,2H3;3H,1-2,6H2,(H,7,8)(H,9,10);. The van der Waals surface area contributed by atoms with E-state index in [-0.39, 0.29) is 12.8 Å². The molecule has 0 saturated carbocycles. The molecular weight excluding hydrogens is 329 g/mol. The number of rotatable bonds is 16. The summed E-state index contributed by atoms with van der Waals surface area (Å²) in [5.41, 5.74) is 5.00. The van der Waals surface area contributed by atoms with Crippen LogP contribution in [0.4, 0.5) is 0 Å². The maximum absolute atomic E-state index is 9.99. The second-order valence-electron chi connectivity index (χ2n) is 6.77. The summed E-state index contributed by atoms with van der Waals surface area (Å²) in [4.78, 5) is 19.9. The Bertz CT molecular complexity index is 302. The Hall–Kier alpha value is -0.100. The third-order valence-corrected chi connectivity index (χ3v) is 4.90. The first-order chi connectivity index (χ1) is 12.0. The van der Waals surface area contributed by atoms with Crippen LogP contribution in [-0.2, 0) is 9.59 Å². The predicted molar refractivity (Wildman–Crippen MR) is 104 cm³/mol. The van der Waals surface area contributed by atoms with E-state index in [9.17, 15) is 9.59 Å². The van der Waals surface area contributed by atoms with Crippen molar-refractivity contribution in [3.05, 3.63) is 0 Å². The molecule has 0 amide bonds. The summed E-state index contributed by atoms with van der Waals surface area (Å²) in [5, 5.41) is 16.3. The van der Waals surface area contributed by atoms with Crippen LogP contribution < -0.4 is 5.73 Å². The van der Waals surface area contributed by atoms with Gasteiger partial charge in [-0.05, 0) is 6.42 Å². The smallest absolute Gasteiger partial charge is 0.320 e. The predicted octanol–water partition coefficient (Wildman–Crippen LogP) is 4.54. The summed E-state index contributed by atoms with van der Waals surface area (Å²) in [7, 11) is 0. The molecule has 0 bridgehead atoms. The van der Waals surface area contributed by atoms with Crippen molar-refractivity contribution in [3.8, 4) is 0 Å². The van der Waals surface area contributed by atoms with Gasteiger partial charge in [-0.2, -0.15) is 0 Å². The molecule has 0 fully saturated rings.